The molecule has 2 atom stereocenters. The van der Waals surface area contributed by atoms with E-state index < -0.39 is 23.8 Å². The van der Waals surface area contributed by atoms with Gasteiger partial charge in [-0.1, -0.05) is 20.8 Å². The Balaban J connectivity index is 3.35. The van der Waals surface area contributed by atoms with E-state index in [2.05, 4.69) is 21.4 Å². The predicted octanol–water partition coefficient (Wildman–Crippen LogP) is 3.29. The van der Waals surface area contributed by atoms with Crippen LogP contribution in [0, 0.1) is 17.0 Å². The summed E-state index contributed by atoms with van der Waals surface area (Å²) in [6.07, 6.45) is -0.490. The molecule has 0 amide bonds. The Morgan fingerprint density at radius 2 is 1.89 bits per heavy atom. The standard InChI is InChI=1S/C13H19BrF2N2O/c1-13(2,3)12(19-4)11(18-17)9-8(15)6-5-7(14)10(9)16/h5-6,11-12,18H,17H2,1-4H3. The lowest BCUT2D eigenvalue weighted by Gasteiger charge is -2.36. The van der Waals surface area contributed by atoms with E-state index in [9.17, 15) is 8.78 Å². The third kappa shape index (κ3) is 3.51. The first-order valence-electron chi connectivity index (χ1n) is 5.86. The van der Waals surface area contributed by atoms with Crippen LogP contribution in [-0.2, 0) is 4.74 Å². The van der Waals surface area contributed by atoms with E-state index in [1.807, 2.05) is 20.8 Å². The number of benzene rings is 1. The summed E-state index contributed by atoms with van der Waals surface area (Å²) in [6.45, 7) is 5.75. The monoisotopic (exact) mass is 336 g/mol. The van der Waals surface area contributed by atoms with Gasteiger partial charge in [0.25, 0.3) is 0 Å². The SMILES string of the molecule is COC(C(NN)c1c(F)ccc(Br)c1F)C(C)(C)C. The average Bonchev–Trinajstić information content (AvgIpc) is 2.31. The van der Waals surface area contributed by atoms with Crippen molar-refractivity contribution >= 4 is 15.9 Å². The number of methoxy groups -OCH3 is 1. The molecule has 0 saturated heterocycles. The van der Waals surface area contributed by atoms with Crippen molar-refractivity contribution in [2.24, 2.45) is 11.3 Å². The zero-order valence-corrected chi connectivity index (χ0v) is 13.0. The zero-order valence-electron chi connectivity index (χ0n) is 11.4. The van der Waals surface area contributed by atoms with Crippen molar-refractivity contribution in [3.8, 4) is 0 Å². The molecule has 0 heterocycles. The van der Waals surface area contributed by atoms with Gasteiger partial charge in [-0.2, -0.15) is 0 Å². The van der Waals surface area contributed by atoms with Crippen LogP contribution in [0.25, 0.3) is 0 Å². The maximum atomic E-state index is 14.1. The van der Waals surface area contributed by atoms with Gasteiger partial charge >= 0.3 is 0 Å². The smallest absolute Gasteiger partial charge is 0.145 e. The largest absolute Gasteiger partial charge is 0.379 e. The molecular formula is C13H19BrF2N2O. The zero-order chi connectivity index (χ0) is 14.8. The second kappa shape index (κ2) is 6.26. The minimum absolute atomic E-state index is 0.126. The molecule has 3 nitrogen and oxygen atoms in total. The molecule has 108 valence electrons. The summed E-state index contributed by atoms with van der Waals surface area (Å²) in [5.74, 6) is 4.16. The fraction of sp³-hybridized carbons (Fsp3) is 0.538. The third-order valence-electron chi connectivity index (χ3n) is 2.98. The summed E-state index contributed by atoms with van der Waals surface area (Å²) in [5, 5.41) is 0. The van der Waals surface area contributed by atoms with Crippen LogP contribution in [0.3, 0.4) is 0 Å². The van der Waals surface area contributed by atoms with Gasteiger partial charge in [0.15, 0.2) is 0 Å². The van der Waals surface area contributed by atoms with E-state index in [4.69, 9.17) is 10.6 Å². The third-order valence-corrected chi connectivity index (χ3v) is 3.59. The molecule has 0 fully saturated rings. The molecule has 0 aliphatic rings. The van der Waals surface area contributed by atoms with Gasteiger partial charge in [0.05, 0.1) is 16.6 Å². The first kappa shape index (κ1) is 16.5. The van der Waals surface area contributed by atoms with Gasteiger partial charge in [-0.05, 0) is 33.5 Å². The molecule has 0 saturated carbocycles. The van der Waals surface area contributed by atoms with Crippen LogP contribution in [0.2, 0.25) is 0 Å². The summed E-state index contributed by atoms with van der Waals surface area (Å²) < 4.78 is 33.7. The molecule has 0 spiro atoms. The van der Waals surface area contributed by atoms with Crippen LogP contribution in [0.5, 0.6) is 0 Å². The summed E-state index contributed by atoms with van der Waals surface area (Å²) in [6, 6.07) is 1.73. The van der Waals surface area contributed by atoms with Crippen LogP contribution < -0.4 is 11.3 Å². The van der Waals surface area contributed by atoms with Gasteiger partial charge in [-0.3, -0.25) is 11.3 Å². The van der Waals surface area contributed by atoms with Crippen LogP contribution in [0.15, 0.2) is 16.6 Å². The number of ether oxygens (including phenoxy) is 1. The van der Waals surface area contributed by atoms with Gasteiger partial charge in [0, 0.05) is 12.7 Å². The molecule has 1 rings (SSSR count). The van der Waals surface area contributed by atoms with Crippen molar-refractivity contribution in [3.05, 3.63) is 33.8 Å². The molecule has 19 heavy (non-hydrogen) atoms. The molecule has 2 unspecified atom stereocenters. The van der Waals surface area contributed by atoms with E-state index in [-0.39, 0.29) is 15.5 Å². The molecular weight excluding hydrogens is 318 g/mol. The quantitative estimate of drug-likeness (QED) is 0.504. The van der Waals surface area contributed by atoms with E-state index in [0.717, 1.165) is 0 Å². The minimum atomic E-state index is -0.789. The molecule has 0 bridgehead atoms. The topological polar surface area (TPSA) is 47.3 Å². The van der Waals surface area contributed by atoms with E-state index >= 15 is 0 Å². The Labute approximate surface area is 120 Å². The number of hydrogen-bond donors (Lipinski definition) is 2. The molecule has 0 aromatic heterocycles. The summed E-state index contributed by atoms with van der Waals surface area (Å²) in [4.78, 5) is 0. The number of nitrogens with two attached hydrogens (primary N) is 1. The highest BCUT2D eigenvalue weighted by Crippen LogP contribution is 2.35. The van der Waals surface area contributed by atoms with Crippen LogP contribution in [0.1, 0.15) is 32.4 Å². The van der Waals surface area contributed by atoms with Gasteiger partial charge in [-0.25, -0.2) is 8.78 Å². The number of nitrogens with one attached hydrogen (secondary N) is 1. The highest BCUT2D eigenvalue weighted by Gasteiger charge is 2.36. The number of hydrazine groups is 1. The van der Waals surface area contributed by atoms with Gasteiger partial charge in [0.2, 0.25) is 0 Å². The molecule has 1 aromatic carbocycles. The first-order chi connectivity index (χ1) is 8.73. The number of rotatable bonds is 4. The van der Waals surface area contributed by atoms with Crippen LogP contribution in [0.4, 0.5) is 8.78 Å². The molecule has 0 aliphatic carbocycles. The number of hydrogen-bond acceptors (Lipinski definition) is 3. The van der Waals surface area contributed by atoms with E-state index in [1.54, 1.807) is 0 Å². The fourth-order valence-electron chi connectivity index (χ4n) is 2.14. The normalized spacial score (nSPS) is 15.4. The van der Waals surface area contributed by atoms with Crippen LogP contribution >= 0.6 is 15.9 Å². The Morgan fingerprint density at radius 1 is 1.32 bits per heavy atom. The highest BCUT2D eigenvalue weighted by atomic mass is 79.9. The second-order valence-corrected chi connectivity index (χ2v) is 6.28. The van der Waals surface area contributed by atoms with E-state index in [0.29, 0.717) is 0 Å². The second-order valence-electron chi connectivity index (χ2n) is 5.42. The van der Waals surface area contributed by atoms with Crippen LogP contribution in [-0.4, -0.2) is 13.2 Å². The van der Waals surface area contributed by atoms with Crippen molar-refractivity contribution in [2.75, 3.05) is 7.11 Å². The predicted molar refractivity (Wildman–Crippen MR) is 74.4 cm³/mol. The Hall–Kier alpha value is -0.560. The van der Waals surface area contributed by atoms with Crippen molar-refractivity contribution in [1.82, 2.24) is 5.43 Å². The molecule has 0 aliphatic heterocycles. The maximum Gasteiger partial charge on any atom is 0.145 e. The fourth-order valence-corrected chi connectivity index (χ4v) is 2.49. The molecule has 0 radical (unpaired) electrons. The lowest BCUT2D eigenvalue weighted by Crippen LogP contribution is -2.45. The minimum Gasteiger partial charge on any atom is -0.379 e. The van der Waals surface area contributed by atoms with E-state index in [1.165, 1.54) is 19.2 Å². The maximum absolute atomic E-state index is 14.1. The van der Waals surface area contributed by atoms with Crippen molar-refractivity contribution in [1.29, 1.82) is 0 Å². The lowest BCUT2D eigenvalue weighted by atomic mass is 9.82. The Morgan fingerprint density at radius 3 is 2.32 bits per heavy atom. The van der Waals surface area contributed by atoms with Gasteiger partial charge in [-0.15, -0.1) is 0 Å². The Kier molecular flexibility index (Phi) is 5.43. The number of halogens is 3. The summed E-state index contributed by atoms with van der Waals surface area (Å²) in [5.41, 5.74) is 1.99. The average molecular weight is 337 g/mol. The van der Waals surface area contributed by atoms with Crippen molar-refractivity contribution < 1.29 is 13.5 Å². The van der Waals surface area contributed by atoms with Crippen molar-refractivity contribution in [2.45, 2.75) is 32.9 Å². The van der Waals surface area contributed by atoms with Crippen molar-refractivity contribution in [3.63, 3.8) is 0 Å². The molecule has 6 heteroatoms. The lowest BCUT2D eigenvalue weighted by molar-refractivity contribution is -0.0137. The van der Waals surface area contributed by atoms with Gasteiger partial charge in [0.1, 0.15) is 11.6 Å². The summed E-state index contributed by atoms with van der Waals surface area (Å²) in [7, 11) is 1.49. The highest BCUT2D eigenvalue weighted by molar-refractivity contribution is 9.10. The Bertz CT molecular complexity index is 449. The first-order valence-corrected chi connectivity index (χ1v) is 6.65. The summed E-state index contributed by atoms with van der Waals surface area (Å²) >= 11 is 3.05. The molecule has 3 N–H and O–H groups in total. The molecule has 1 aromatic rings. The van der Waals surface area contributed by atoms with Gasteiger partial charge < -0.3 is 4.74 Å².